The molecule has 8 nitrogen and oxygen atoms in total. The van der Waals surface area contributed by atoms with Crippen molar-refractivity contribution < 1.29 is 38.4 Å². The summed E-state index contributed by atoms with van der Waals surface area (Å²) in [6.07, 6.45) is -0.381. The third kappa shape index (κ3) is 6.35. The molecule has 9 heteroatoms. The lowest BCUT2D eigenvalue weighted by molar-refractivity contribution is -0.149. The number of methoxy groups -OCH3 is 1. The van der Waals surface area contributed by atoms with E-state index in [9.17, 15) is 14.7 Å². The van der Waals surface area contributed by atoms with Crippen LogP contribution in [0.1, 0.15) is 67.3 Å². The van der Waals surface area contributed by atoms with Crippen molar-refractivity contribution >= 4 is 23.5 Å². The van der Waals surface area contributed by atoms with Crippen molar-refractivity contribution in [2.75, 3.05) is 7.11 Å². The second kappa shape index (κ2) is 11.8. The molecule has 0 radical (unpaired) electrons. The molecule has 3 aromatic carbocycles. The highest BCUT2D eigenvalue weighted by Gasteiger charge is 2.35. The summed E-state index contributed by atoms with van der Waals surface area (Å²) in [5.74, 6) is 0.00253. The average Bonchev–Trinajstić information content (AvgIpc) is 2.88. The molecular weight excluding hydrogens is 536 g/mol. The second-order valence-electron chi connectivity index (χ2n) is 10.6. The van der Waals surface area contributed by atoms with Gasteiger partial charge in [-0.05, 0) is 87.2 Å². The van der Waals surface area contributed by atoms with Crippen LogP contribution in [0.25, 0.3) is 0 Å². The molecule has 1 aliphatic heterocycles. The number of aryl methyl sites for hydroxylation is 1. The van der Waals surface area contributed by atoms with E-state index >= 15 is 0 Å². The number of carbonyl (C=O) groups is 2. The SMILES string of the molecule is COc1c([C@@H](O)CC(C)C)ccc2c1C(=O)OCc1cc(C)cc(OC(=O)C(C)(C)Oc3ccc(Cl)cc3)c1O2. The van der Waals surface area contributed by atoms with E-state index < -0.39 is 23.6 Å². The lowest BCUT2D eigenvalue weighted by Crippen LogP contribution is -2.41. The number of rotatable bonds is 8. The van der Waals surface area contributed by atoms with Gasteiger partial charge in [-0.15, -0.1) is 0 Å². The summed E-state index contributed by atoms with van der Waals surface area (Å²) in [4.78, 5) is 26.4. The van der Waals surface area contributed by atoms with Crippen LogP contribution in [0.15, 0.2) is 48.5 Å². The van der Waals surface area contributed by atoms with Gasteiger partial charge < -0.3 is 28.8 Å². The molecule has 1 aliphatic rings. The number of halogens is 1. The van der Waals surface area contributed by atoms with Gasteiger partial charge >= 0.3 is 11.9 Å². The fraction of sp³-hybridized carbons (Fsp3) is 0.355. The lowest BCUT2D eigenvalue weighted by Gasteiger charge is -2.26. The summed E-state index contributed by atoms with van der Waals surface area (Å²) in [6.45, 7) is 8.86. The molecule has 0 aliphatic carbocycles. The minimum Gasteiger partial charge on any atom is -0.495 e. The first-order valence-electron chi connectivity index (χ1n) is 12.9. The Morgan fingerprint density at radius 2 is 1.82 bits per heavy atom. The Bertz CT molecular complexity index is 1410. The Hall–Kier alpha value is -3.75. The van der Waals surface area contributed by atoms with Gasteiger partial charge in [-0.25, -0.2) is 9.59 Å². The first-order chi connectivity index (χ1) is 18.9. The van der Waals surface area contributed by atoms with Crippen LogP contribution in [0, 0.1) is 12.8 Å². The molecule has 1 N–H and O–H groups in total. The fourth-order valence-corrected chi connectivity index (χ4v) is 4.54. The molecule has 0 aromatic heterocycles. The second-order valence-corrected chi connectivity index (χ2v) is 11.0. The zero-order valence-corrected chi connectivity index (χ0v) is 24.1. The molecule has 0 saturated heterocycles. The van der Waals surface area contributed by atoms with Crippen LogP contribution >= 0.6 is 11.6 Å². The zero-order valence-electron chi connectivity index (χ0n) is 23.4. The maximum atomic E-state index is 13.3. The van der Waals surface area contributed by atoms with E-state index in [0.717, 1.165) is 5.56 Å². The lowest BCUT2D eigenvalue weighted by atomic mass is 9.96. The van der Waals surface area contributed by atoms with Gasteiger partial charge in [0, 0.05) is 16.1 Å². The summed E-state index contributed by atoms with van der Waals surface area (Å²) >= 11 is 5.96. The van der Waals surface area contributed by atoms with Crippen LogP contribution in [0.3, 0.4) is 0 Å². The Labute approximate surface area is 238 Å². The minimum atomic E-state index is -1.36. The summed E-state index contributed by atoms with van der Waals surface area (Å²) in [5.41, 5.74) is 0.413. The van der Waals surface area contributed by atoms with E-state index in [0.29, 0.717) is 28.3 Å². The molecule has 1 atom stereocenters. The molecule has 0 spiro atoms. The number of cyclic esters (lactones) is 1. The van der Waals surface area contributed by atoms with E-state index in [-0.39, 0.29) is 41.1 Å². The number of aliphatic hydroxyl groups excluding tert-OH is 1. The molecule has 0 unspecified atom stereocenters. The van der Waals surface area contributed by atoms with Crippen LogP contribution in [0.4, 0.5) is 0 Å². The third-order valence-electron chi connectivity index (χ3n) is 6.34. The number of ether oxygens (including phenoxy) is 5. The van der Waals surface area contributed by atoms with Gasteiger partial charge in [-0.1, -0.05) is 25.4 Å². The Morgan fingerprint density at radius 1 is 1.12 bits per heavy atom. The molecule has 0 bridgehead atoms. The molecule has 212 valence electrons. The van der Waals surface area contributed by atoms with Crippen molar-refractivity contribution in [2.45, 2.75) is 59.4 Å². The predicted octanol–water partition coefficient (Wildman–Crippen LogP) is 6.96. The molecule has 1 heterocycles. The van der Waals surface area contributed by atoms with Gasteiger partial charge in [-0.3, -0.25) is 0 Å². The van der Waals surface area contributed by atoms with Crippen LogP contribution in [-0.2, 0) is 16.1 Å². The molecule has 0 amide bonds. The van der Waals surface area contributed by atoms with Crippen LogP contribution in [0.5, 0.6) is 28.7 Å². The third-order valence-corrected chi connectivity index (χ3v) is 6.59. The maximum absolute atomic E-state index is 13.3. The van der Waals surface area contributed by atoms with Crippen molar-refractivity contribution in [1.82, 2.24) is 0 Å². The summed E-state index contributed by atoms with van der Waals surface area (Å²) < 4.78 is 29.1. The van der Waals surface area contributed by atoms with E-state index in [1.807, 2.05) is 20.8 Å². The largest absolute Gasteiger partial charge is 0.495 e. The fourth-order valence-electron chi connectivity index (χ4n) is 4.41. The smallest absolute Gasteiger partial charge is 0.355 e. The van der Waals surface area contributed by atoms with Gasteiger partial charge in [-0.2, -0.15) is 0 Å². The molecule has 0 saturated carbocycles. The number of hydrogen-bond acceptors (Lipinski definition) is 8. The Kier molecular flexibility index (Phi) is 8.61. The molecular formula is C31H33ClO8. The predicted molar refractivity (Wildman–Crippen MR) is 150 cm³/mol. The summed E-state index contributed by atoms with van der Waals surface area (Å²) in [6, 6.07) is 13.3. The highest BCUT2D eigenvalue weighted by atomic mass is 35.5. The van der Waals surface area contributed by atoms with Crippen LogP contribution < -0.4 is 18.9 Å². The zero-order chi connectivity index (χ0) is 29.2. The van der Waals surface area contributed by atoms with E-state index in [2.05, 4.69) is 0 Å². The van der Waals surface area contributed by atoms with E-state index in [1.165, 1.54) is 7.11 Å². The van der Waals surface area contributed by atoms with Crippen molar-refractivity contribution in [1.29, 1.82) is 0 Å². The van der Waals surface area contributed by atoms with Crippen molar-refractivity contribution in [2.24, 2.45) is 5.92 Å². The summed E-state index contributed by atoms with van der Waals surface area (Å²) in [7, 11) is 1.42. The van der Waals surface area contributed by atoms with Gasteiger partial charge in [0.05, 0.1) is 13.2 Å². The van der Waals surface area contributed by atoms with E-state index in [4.69, 9.17) is 35.3 Å². The molecule has 0 fully saturated rings. The van der Waals surface area contributed by atoms with Crippen molar-refractivity contribution in [3.05, 3.63) is 75.8 Å². The van der Waals surface area contributed by atoms with Gasteiger partial charge in [0.1, 0.15) is 29.4 Å². The monoisotopic (exact) mass is 568 g/mol. The Morgan fingerprint density at radius 3 is 2.48 bits per heavy atom. The highest BCUT2D eigenvalue weighted by Crippen LogP contribution is 2.45. The minimum absolute atomic E-state index is 0.0395. The first kappa shape index (κ1) is 29.2. The topological polar surface area (TPSA) is 101 Å². The molecule has 3 aromatic rings. The van der Waals surface area contributed by atoms with Crippen LogP contribution in [0.2, 0.25) is 5.02 Å². The van der Waals surface area contributed by atoms with Gasteiger partial charge in [0.15, 0.2) is 11.5 Å². The van der Waals surface area contributed by atoms with Crippen LogP contribution in [-0.4, -0.2) is 29.8 Å². The molecule has 4 rings (SSSR count). The number of fused-ring (bicyclic) bond motifs is 2. The standard InChI is InChI=1S/C31H33ClO8/c1-17(2)13-23(33)22-11-12-24-26(28(22)36-6)29(34)37-16-19-14-18(3)15-25(27(19)38-24)39-30(35)31(4,5)40-21-9-7-20(32)8-10-21/h7-12,14-15,17,23,33H,13,16H2,1-6H3/t23-/m0/s1. The first-order valence-corrected chi connectivity index (χ1v) is 13.3. The highest BCUT2D eigenvalue weighted by molar-refractivity contribution is 6.30. The number of benzene rings is 3. The number of esters is 2. The van der Waals surface area contributed by atoms with Gasteiger partial charge in [0.25, 0.3) is 0 Å². The van der Waals surface area contributed by atoms with Crippen molar-refractivity contribution in [3.63, 3.8) is 0 Å². The Balaban J connectivity index is 1.70. The number of aliphatic hydroxyl groups is 1. The van der Waals surface area contributed by atoms with Crippen molar-refractivity contribution in [3.8, 4) is 28.7 Å². The number of hydrogen-bond donors (Lipinski definition) is 1. The maximum Gasteiger partial charge on any atom is 0.355 e. The average molecular weight is 569 g/mol. The van der Waals surface area contributed by atoms with Gasteiger partial charge in [0.2, 0.25) is 5.60 Å². The van der Waals surface area contributed by atoms with E-state index in [1.54, 1.807) is 62.4 Å². The molecule has 40 heavy (non-hydrogen) atoms. The summed E-state index contributed by atoms with van der Waals surface area (Å²) in [5, 5.41) is 11.3. The number of carbonyl (C=O) groups excluding carboxylic acids is 2. The quantitative estimate of drug-likeness (QED) is 0.230. The normalized spacial score (nSPS) is 13.7.